The summed E-state index contributed by atoms with van der Waals surface area (Å²) in [5, 5.41) is 0. The molecule has 0 unspecified atom stereocenters. The highest BCUT2D eigenvalue weighted by molar-refractivity contribution is 7.71. The lowest BCUT2D eigenvalue weighted by Gasteiger charge is -2.06. The smallest absolute Gasteiger partial charge is 0.182 e. The van der Waals surface area contributed by atoms with Crippen LogP contribution < -0.4 is 0 Å². The van der Waals surface area contributed by atoms with E-state index in [-0.39, 0.29) is 5.82 Å². The molecular weight excluding hydrogens is 271 g/mol. The van der Waals surface area contributed by atoms with Crippen LogP contribution in [0.15, 0.2) is 42.5 Å². The Morgan fingerprint density at radius 2 is 1.90 bits per heavy atom. The van der Waals surface area contributed by atoms with Crippen molar-refractivity contribution in [1.82, 2.24) is 9.55 Å². The SMILES string of the molecule is CCCc1ccc(-n2c(=S)[nH]c3cc(F)ccc32)cc1. The van der Waals surface area contributed by atoms with E-state index >= 15 is 0 Å². The first-order chi connectivity index (χ1) is 9.69. The number of aromatic nitrogens is 2. The molecule has 0 radical (unpaired) electrons. The van der Waals surface area contributed by atoms with E-state index in [0.717, 1.165) is 24.0 Å². The van der Waals surface area contributed by atoms with Crippen LogP contribution in [0.25, 0.3) is 16.7 Å². The van der Waals surface area contributed by atoms with Crippen LogP contribution in [0.3, 0.4) is 0 Å². The summed E-state index contributed by atoms with van der Waals surface area (Å²) in [5.41, 5.74) is 3.91. The van der Waals surface area contributed by atoms with Gasteiger partial charge < -0.3 is 4.98 Å². The van der Waals surface area contributed by atoms with Gasteiger partial charge in [0, 0.05) is 5.69 Å². The molecule has 1 N–H and O–H groups in total. The molecule has 1 heterocycles. The second-order valence-corrected chi connectivity index (χ2v) is 5.23. The molecule has 0 fully saturated rings. The number of aromatic amines is 1. The maximum Gasteiger partial charge on any atom is 0.182 e. The fourth-order valence-electron chi connectivity index (χ4n) is 2.44. The van der Waals surface area contributed by atoms with Crippen LogP contribution in [-0.4, -0.2) is 9.55 Å². The summed E-state index contributed by atoms with van der Waals surface area (Å²) in [7, 11) is 0. The van der Waals surface area contributed by atoms with E-state index in [4.69, 9.17) is 12.2 Å². The predicted molar refractivity (Wildman–Crippen MR) is 82.4 cm³/mol. The van der Waals surface area contributed by atoms with Crippen LogP contribution in [0.5, 0.6) is 0 Å². The molecule has 0 aliphatic heterocycles. The highest BCUT2D eigenvalue weighted by Crippen LogP contribution is 2.21. The van der Waals surface area contributed by atoms with Gasteiger partial charge in [0.15, 0.2) is 4.77 Å². The molecule has 102 valence electrons. The lowest BCUT2D eigenvalue weighted by molar-refractivity contribution is 0.629. The van der Waals surface area contributed by atoms with E-state index in [1.54, 1.807) is 6.07 Å². The fraction of sp³-hybridized carbons (Fsp3) is 0.188. The first-order valence-electron chi connectivity index (χ1n) is 6.68. The van der Waals surface area contributed by atoms with Crippen molar-refractivity contribution in [3.05, 3.63) is 58.6 Å². The Morgan fingerprint density at radius 3 is 2.60 bits per heavy atom. The van der Waals surface area contributed by atoms with Gasteiger partial charge in [0.1, 0.15) is 5.82 Å². The third-order valence-electron chi connectivity index (χ3n) is 3.38. The quantitative estimate of drug-likeness (QED) is 0.687. The molecule has 0 saturated heterocycles. The van der Waals surface area contributed by atoms with Gasteiger partial charge in [-0.2, -0.15) is 0 Å². The summed E-state index contributed by atoms with van der Waals surface area (Å²) in [6, 6.07) is 13.0. The van der Waals surface area contributed by atoms with Crippen molar-refractivity contribution >= 4 is 23.3 Å². The summed E-state index contributed by atoms with van der Waals surface area (Å²) in [4.78, 5) is 3.04. The number of benzene rings is 2. The lowest BCUT2D eigenvalue weighted by Crippen LogP contribution is -1.94. The molecule has 0 aliphatic rings. The second kappa shape index (κ2) is 5.21. The van der Waals surface area contributed by atoms with Gasteiger partial charge in [-0.25, -0.2) is 4.39 Å². The van der Waals surface area contributed by atoms with E-state index < -0.39 is 0 Å². The molecule has 4 heteroatoms. The molecule has 3 rings (SSSR count). The molecule has 0 atom stereocenters. The maximum absolute atomic E-state index is 13.3. The predicted octanol–water partition coefficient (Wildman–Crippen LogP) is 4.78. The van der Waals surface area contributed by atoms with Crippen molar-refractivity contribution in [3.8, 4) is 5.69 Å². The Labute approximate surface area is 121 Å². The number of nitrogens with one attached hydrogen (secondary N) is 1. The standard InChI is InChI=1S/C16H15FN2S/c1-2-3-11-4-7-13(8-5-11)19-15-9-6-12(17)10-14(15)18-16(19)20/h4-10H,2-3H2,1H3,(H,18,20). The average molecular weight is 286 g/mol. The van der Waals surface area contributed by atoms with E-state index in [1.165, 1.54) is 17.7 Å². The summed E-state index contributed by atoms with van der Waals surface area (Å²) < 4.78 is 15.8. The number of aryl methyl sites for hydroxylation is 1. The van der Waals surface area contributed by atoms with Gasteiger partial charge in [-0.3, -0.25) is 4.57 Å². The van der Waals surface area contributed by atoms with Crippen molar-refractivity contribution in [2.45, 2.75) is 19.8 Å². The first kappa shape index (κ1) is 13.1. The van der Waals surface area contributed by atoms with Crippen LogP contribution in [0.2, 0.25) is 0 Å². The highest BCUT2D eigenvalue weighted by atomic mass is 32.1. The topological polar surface area (TPSA) is 20.7 Å². The Kier molecular flexibility index (Phi) is 3.40. The monoisotopic (exact) mass is 286 g/mol. The number of nitrogens with zero attached hydrogens (tertiary/aromatic N) is 1. The zero-order valence-corrected chi connectivity index (χ0v) is 12.0. The van der Waals surface area contributed by atoms with Gasteiger partial charge in [-0.1, -0.05) is 25.5 Å². The van der Waals surface area contributed by atoms with Gasteiger partial charge >= 0.3 is 0 Å². The zero-order valence-electron chi connectivity index (χ0n) is 11.2. The number of halogens is 1. The minimum atomic E-state index is -0.265. The van der Waals surface area contributed by atoms with Gasteiger partial charge in [0.25, 0.3) is 0 Å². The average Bonchev–Trinajstić information content (AvgIpc) is 2.75. The fourth-order valence-corrected chi connectivity index (χ4v) is 2.75. The molecule has 1 aromatic heterocycles. The van der Waals surface area contributed by atoms with E-state index in [2.05, 4.69) is 36.2 Å². The normalized spacial score (nSPS) is 11.1. The van der Waals surface area contributed by atoms with Crippen molar-refractivity contribution in [2.24, 2.45) is 0 Å². The number of fused-ring (bicyclic) bond motifs is 1. The molecule has 3 aromatic rings. The van der Waals surface area contributed by atoms with Crippen LogP contribution in [-0.2, 0) is 6.42 Å². The zero-order chi connectivity index (χ0) is 14.1. The Bertz CT molecular complexity index is 799. The lowest BCUT2D eigenvalue weighted by atomic mass is 10.1. The number of hydrogen-bond donors (Lipinski definition) is 1. The van der Waals surface area contributed by atoms with Gasteiger partial charge in [-0.05, 0) is 54.5 Å². The minimum absolute atomic E-state index is 0.265. The molecule has 20 heavy (non-hydrogen) atoms. The van der Waals surface area contributed by atoms with Gasteiger partial charge in [-0.15, -0.1) is 0 Å². The number of H-pyrrole nitrogens is 1. The van der Waals surface area contributed by atoms with Crippen LogP contribution in [0, 0.1) is 10.6 Å². The molecule has 0 saturated carbocycles. The minimum Gasteiger partial charge on any atom is -0.330 e. The Morgan fingerprint density at radius 1 is 1.15 bits per heavy atom. The van der Waals surface area contributed by atoms with Crippen molar-refractivity contribution in [3.63, 3.8) is 0 Å². The summed E-state index contributed by atoms with van der Waals surface area (Å²) in [6.07, 6.45) is 2.20. The Balaban J connectivity index is 2.14. The van der Waals surface area contributed by atoms with Crippen LogP contribution in [0.1, 0.15) is 18.9 Å². The van der Waals surface area contributed by atoms with Crippen molar-refractivity contribution in [2.75, 3.05) is 0 Å². The number of rotatable bonds is 3. The van der Waals surface area contributed by atoms with E-state index in [9.17, 15) is 4.39 Å². The molecule has 0 aliphatic carbocycles. The van der Waals surface area contributed by atoms with Crippen molar-refractivity contribution in [1.29, 1.82) is 0 Å². The van der Waals surface area contributed by atoms with Gasteiger partial charge in [0.05, 0.1) is 11.0 Å². The largest absolute Gasteiger partial charge is 0.330 e. The van der Waals surface area contributed by atoms with Crippen LogP contribution >= 0.6 is 12.2 Å². The highest BCUT2D eigenvalue weighted by Gasteiger charge is 2.07. The Hall–Kier alpha value is -1.94. The third-order valence-corrected chi connectivity index (χ3v) is 3.66. The molecular formula is C16H15FN2S. The van der Waals surface area contributed by atoms with E-state index in [1.807, 2.05) is 4.57 Å². The van der Waals surface area contributed by atoms with Gasteiger partial charge in [0.2, 0.25) is 0 Å². The second-order valence-electron chi connectivity index (χ2n) is 4.84. The molecule has 0 amide bonds. The maximum atomic E-state index is 13.3. The number of imidazole rings is 1. The molecule has 0 bridgehead atoms. The molecule has 0 spiro atoms. The third kappa shape index (κ3) is 2.27. The number of hydrogen-bond acceptors (Lipinski definition) is 1. The first-order valence-corrected chi connectivity index (χ1v) is 7.09. The summed E-state index contributed by atoms with van der Waals surface area (Å²) >= 11 is 5.35. The summed E-state index contributed by atoms with van der Waals surface area (Å²) in [5.74, 6) is -0.265. The van der Waals surface area contributed by atoms with Crippen molar-refractivity contribution < 1.29 is 4.39 Å². The molecule has 2 aromatic carbocycles. The van der Waals surface area contributed by atoms with Crippen LogP contribution in [0.4, 0.5) is 4.39 Å². The summed E-state index contributed by atoms with van der Waals surface area (Å²) in [6.45, 7) is 2.16. The molecule has 2 nitrogen and oxygen atoms in total. The van der Waals surface area contributed by atoms with E-state index in [0.29, 0.717) is 10.3 Å².